The summed E-state index contributed by atoms with van der Waals surface area (Å²) in [6.45, 7) is 1.90. The Morgan fingerprint density at radius 2 is 2.19 bits per heavy atom. The van der Waals surface area contributed by atoms with Crippen LogP contribution in [0.4, 0.5) is 17.6 Å². The van der Waals surface area contributed by atoms with Crippen molar-refractivity contribution in [2.24, 2.45) is 0 Å². The molecule has 9 heteroatoms. The van der Waals surface area contributed by atoms with Gasteiger partial charge < -0.3 is 15.6 Å². The van der Waals surface area contributed by atoms with Gasteiger partial charge >= 0.3 is 0 Å². The summed E-state index contributed by atoms with van der Waals surface area (Å²) in [6.07, 6.45) is 5.95. The van der Waals surface area contributed by atoms with Gasteiger partial charge in [0, 0.05) is 30.8 Å². The number of hydrogen-bond acceptors (Lipinski definition) is 7. The Kier molecular flexibility index (Phi) is 4.02. The minimum absolute atomic E-state index is 0.148. The van der Waals surface area contributed by atoms with Gasteiger partial charge in [-0.15, -0.1) is 0 Å². The number of hydrogen-bond donors (Lipinski definition) is 3. The third-order valence-electron chi connectivity index (χ3n) is 4.65. The number of fused-ring (bicyclic) bond motifs is 2. The van der Waals surface area contributed by atoms with E-state index in [4.69, 9.17) is 0 Å². The summed E-state index contributed by atoms with van der Waals surface area (Å²) < 4.78 is 0. The number of nitrogens with one attached hydrogen (secondary N) is 3. The third kappa shape index (κ3) is 3.04. The molecule has 1 amide bonds. The SMILES string of the molecule is O=C1c2cnc(Nc3ccc4c(c3)CNCC4)nc2SCN1c1ncc[nH]1. The quantitative estimate of drug-likeness (QED) is 0.601. The predicted molar refractivity (Wildman–Crippen MR) is 103 cm³/mol. The number of benzene rings is 1. The number of imidazole rings is 1. The lowest BCUT2D eigenvalue weighted by atomic mass is 10.0. The second kappa shape index (κ2) is 6.67. The van der Waals surface area contributed by atoms with Crippen LogP contribution in [0.25, 0.3) is 0 Å². The molecule has 0 saturated heterocycles. The minimum Gasteiger partial charge on any atom is -0.331 e. The van der Waals surface area contributed by atoms with E-state index < -0.39 is 0 Å². The smallest absolute Gasteiger partial charge is 0.265 e. The molecule has 27 heavy (non-hydrogen) atoms. The number of carbonyl (C=O) groups is 1. The van der Waals surface area contributed by atoms with Gasteiger partial charge in [0.2, 0.25) is 11.9 Å². The first-order chi connectivity index (χ1) is 13.3. The van der Waals surface area contributed by atoms with Crippen molar-refractivity contribution in [2.45, 2.75) is 18.0 Å². The summed E-state index contributed by atoms with van der Waals surface area (Å²) in [5.74, 6) is 1.33. The number of nitrogens with zero attached hydrogens (tertiary/aromatic N) is 4. The van der Waals surface area contributed by atoms with Gasteiger partial charge in [0.05, 0.1) is 11.4 Å². The molecule has 8 nitrogen and oxygen atoms in total. The van der Waals surface area contributed by atoms with Gasteiger partial charge in [0.1, 0.15) is 5.03 Å². The Balaban J connectivity index is 1.38. The molecule has 2 aromatic heterocycles. The molecule has 4 heterocycles. The zero-order chi connectivity index (χ0) is 18.2. The van der Waals surface area contributed by atoms with Crippen LogP contribution in [-0.2, 0) is 13.0 Å². The lowest BCUT2D eigenvalue weighted by molar-refractivity contribution is 0.0984. The molecule has 3 aromatic rings. The minimum atomic E-state index is -0.148. The third-order valence-corrected chi connectivity index (χ3v) is 5.62. The fourth-order valence-corrected chi connectivity index (χ4v) is 4.20. The Hall–Kier alpha value is -2.91. The monoisotopic (exact) mass is 379 g/mol. The molecule has 0 aliphatic carbocycles. The summed E-state index contributed by atoms with van der Waals surface area (Å²) in [5.41, 5.74) is 4.11. The van der Waals surface area contributed by atoms with Crippen molar-refractivity contribution in [1.82, 2.24) is 25.3 Å². The maximum Gasteiger partial charge on any atom is 0.265 e. The van der Waals surface area contributed by atoms with Crippen LogP contribution in [-0.4, -0.2) is 38.3 Å². The van der Waals surface area contributed by atoms with E-state index in [1.165, 1.54) is 22.9 Å². The Morgan fingerprint density at radius 3 is 3.07 bits per heavy atom. The van der Waals surface area contributed by atoms with Gasteiger partial charge in [0.25, 0.3) is 5.91 Å². The maximum atomic E-state index is 12.7. The van der Waals surface area contributed by atoms with Crippen LogP contribution < -0.4 is 15.5 Å². The summed E-state index contributed by atoms with van der Waals surface area (Å²) in [4.78, 5) is 30.3. The van der Waals surface area contributed by atoms with E-state index >= 15 is 0 Å². The molecule has 0 bridgehead atoms. The maximum absolute atomic E-state index is 12.7. The number of thioether (sulfide) groups is 1. The highest BCUT2D eigenvalue weighted by Gasteiger charge is 2.29. The van der Waals surface area contributed by atoms with Crippen LogP contribution >= 0.6 is 11.8 Å². The van der Waals surface area contributed by atoms with Gasteiger partial charge in [-0.2, -0.15) is 0 Å². The van der Waals surface area contributed by atoms with E-state index in [2.05, 4.69) is 42.7 Å². The average molecular weight is 379 g/mol. The fourth-order valence-electron chi connectivity index (χ4n) is 3.26. The number of H-pyrrole nitrogens is 1. The number of aromatic nitrogens is 4. The number of carbonyl (C=O) groups excluding carboxylic acids is 1. The molecule has 2 aliphatic heterocycles. The number of rotatable bonds is 3. The van der Waals surface area contributed by atoms with E-state index in [-0.39, 0.29) is 5.91 Å². The number of aromatic amines is 1. The Labute approximate surface area is 159 Å². The number of amides is 1. The van der Waals surface area contributed by atoms with Gasteiger partial charge in [-0.1, -0.05) is 17.8 Å². The molecule has 2 aliphatic rings. The highest BCUT2D eigenvalue weighted by atomic mass is 32.2. The van der Waals surface area contributed by atoms with Crippen LogP contribution in [0.1, 0.15) is 21.5 Å². The standard InChI is InChI=1S/C18H17N7OS/c26-16-14-9-22-17(23-13-2-1-11-3-4-19-8-12(11)7-13)24-15(14)27-10-25(16)18-20-5-6-21-18/h1-2,5-7,9,19H,3-4,8,10H2,(H,20,21)(H,22,23,24). The zero-order valence-corrected chi connectivity index (χ0v) is 15.2. The van der Waals surface area contributed by atoms with Gasteiger partial charge in [0.15, 0.2) is 0 Å². The van der Waals surface area contributed by atoms with E-state index in [1.807, 2.05) is 6.07 Å². The second-order valence-electron chi connectivity index (χ2n) is 6.37. The average Bonchev–Trinajstić information content (AvgIpc) is 3.23. The van der Waals surface area contributed by atoms with Gasteiger partial charge in [-0.05, 0) is 36.2 Å². The Bertz CT molecular complexity index is 1000. The lowest BCUT2D eigenvalue weighted by Gasteiger charge is -2.25. The topological polar surface area (TPSA) is 98.8 Å². The second-order valence-corrected chi connectivity index (χ2v) is 7.30. The molecule has 3 N–H and O–H groups in total. The molecule has 0 spiro atoms. The molecule has 0 radical (unpaired) electrons. The molecule has 0 fully saturated rings. The first-order valence-electron chi connectivity index (χ1n) is 8.68. The van der Waals surface area contributed by atoms with Gasteiger partial charge in [-0.25, -0.2) is 15.0 Å². The van der Waals surface area contributed by atoms with E-state index in [0.717, 1.165) is 25.2 Å². The summed E-state index contributed by atoms with van der Waals surface area (Å²) in [6, 6.07) is 6.32. The molecule has 0 atom stereocenters. The predicted octanol–water partition coefficient (Wildman–Crippen LogP) is 2.30. The highest BCUT2D eigenvalue weighted by molar-refractivity contribution is 7.99. The molecule has 136 valence electrons. The molecular weight excluding hydrogens is 362 g/mol. The van der Waals surface area contributed by atoms with Crippen LogP contribution in [0, 0.1) is 0 Å². The van der Waals surface area contributed by atoms with Crippen molar-refractivity contribution >= 4 is 35.3 Å². The van der Waals surface area contributed by atoms with Crippen LogP contribution in [0.15, 0.2) is 41.8 Å². The van der Waals surface area contributed by atoms with Crippen molar-refractivity contribution < 1.29 is 4.79 Å². The number of anilines is 3. The molecule has 0 saturated carbocycles. The summed E-state index contributed by atoms with van der Waals surface area (Å²) >= 11 is 1.49. The molecule has 0 unspecified atom stereocenters. The van der Waals surface area contributed by atoms with E-state index in [1.54, 1.807) is 23.5 Å². The van der Waals surface area contributed by atoms with Crippen molar-refractivity contribution in [3.05, 3.63) is 53.5 Å². The highest BCUT2D eigenvalue weighted by Crippen LogP contribution is 2.31. The van der Waals surface area contributed by atoms with Gasteiger partial charge in [-0.3, -0.25) is 9.69 Å². The fraction of sp³-hybridized carbons (Fsp3) is 0.222. The van der Waals surface area contributed by atoms with Crippen molar-refractivity contribution in [1.29, 1.82) is 0 Å². The molecule has 1 aromatic carbocycles. The largest absolute Gasteiger partial charge is 0.331 e. The van der Waals surface area contributed by atoms with Crippen molar-refractivity contribution in [2.75, 3.05) is 22.6 Å². The van der Waals surface area contributed by atoms with E-state index in [9.17, 15) is 4.79 Å². The normalized spacial score (nSPS) is 16.0. The van der Waals surface area contributed by atoms with Crippen LogP contribution in [0.5, 0.6) is 0 Å². The van der Waals surface area contributed by atoms with Crippen molar-refractivity contribution in [3.63, 3.8) is 0 Å². The van der Waals surface area contributed by atoms with Crippen LogP contribution in [0.3, 0.4) is 0 Å². The summed E-state index contributed by atoms with van der Waals surface area (Å²) in [5, 5.41) is 7.31. The van der Waals surface area contributed by atoms with Crippen LogP contribution in [0.2, 0.25) is 0 Å². The summed E-state index contributed by atoms with van der Waals surface area (Å²) in [7, 11) is 0. The zero-order valence-electron chi connectivity index (χ0n) is 14.4. The first-order valence-corrected chi connectivity index (χ1v) is 9.67. The first kappa shape index (κ1) is 16.3. The lowest BCUT2D eigenvalue weighted by Crippen LogP contribution is -2.35. The Morgan fingerprint density at radius 1 is 1.22 bits per heavy atom. The molecule has 5 rings (SSSR count). The van der Waals surface area contributed by atoms with E-state index in [0.29, 0.717) is 28.4 Å². The van der Waals surface area contributed by atoms with Crippen molar-refractivity contribution in [3.8, 4) is 0 Å². The molecular formula is C18H17N7OS.